The van der Waals surface area contributed by atoms with E-state index in [0.717, 1.165) is 19.4 Å². The minimum atomic E-state index is -0.126. The van der Waals surface area contributed by atoms with E-state index in [-0.39, 0.29) is 11.9 Å². The Balaban J connectivity index is 1.91. The molecule has 1 fully saturated rings. The molecule has 1 atom stereocenters. The van der Waals surface area contributed by atoms with Gasteiger partial charge in [0.25, 0.3) is 0 Å². The molecule has 0 aliphatic carbocycles. The Morgan fingerprint density at radius 3 is 3.12 bits per heavy atom. The molecular weight excluding hydrogens is 222 g/mol. The van der Waals surface area contributed by atoms with Gasteiger partial charge < -0.3 is 9.26 Å². The van der Waals surface area contributed by atoms with E-state index in [1.165, 1.54) is 7.11 Å². The van der Waals surface area contributed by atoms with Crippen LogP contribution in [0.25, 0.3) is 0 Å². The van der Waals surface area contributed by atoms with Gasteiger partial charge in [0.15, 0.2) is 5.82 Å². The molecule has 1 saturated heterocycles. The van der Waals surface area contributed by atoms with Gasteiger partial charge in [0.1, 0.15) is 0 Å². The van der Waals surface area contributed by atoms with Gasteiger partial charge in [0, 0.05) is 13.5 Å². The zero-order valence-corrected chi connectivity index (χ0v) is 10.2. The summed E-state index contributed by atoms with van der Waals surface area (Å²) in [6, 6.07) is 0. The number of rotatable bonds is 3. The predicted octanol–water partition coefficient (Wildman–Crippen LogP) is 0.763. The molecule has 2 heterocycles. The molecule has 0 N–H and O–H groups in total. The van der Waals surface area contributed by atoms with Crippen molar-refractivity contribution in [2.24, 2.45) is 5.92 Å². The number of carbonyl (C=O) groups excluding carboxylic acids is 1. The molecule has 1 aliphatic rings. The Bertz CT molecular complexity index is 391. The summed E-state index contributed by atoms with van der Waals surface area (Å²) in [4.78, 5) is 17.8. The maximum absolute atomic E-state index is 11.5. The molecule has 0 amide bonds. The van der Waals surface area contributed by atoms with E-state index in [4.69, 9.17) is 9.26 Å². The van der Waals surface area contributed by atoms with Gasteiger partial charge in [-0.15, -0.1) is 0 Å². The molecule has 0 unspecified atom stereocenters. The second-order valence-corrected chi connectivity index (χ2v) is 4.33. The van der Waals surface area contributed by atoms with E-state index >= 15 is 0 Å². The smallest absolute Gasteiger partial charge is 0.309 e. The first-order chi connectivity index (χ1) is 8.19. The Hall–Kier alpha value is -1.43. The molecule has 0 spiro atoms. The molecule has 1 aliphatic heterocycles. The van der Waals surface area contributed by atoms with E-state index in [1.807, 2.05) is 0 Å². The minimum Gasteiger partial charge on any atom is -0.469 e. The second kappa shape index (κ2) is 5.27. The Morgan fingerprint density at radius 1 is 1.65 bits per heavy atom. The molecule has 17 heavy (non-hydrogen) atoms. The van der Waals surface area contributed by atoms with E-state index in [2.05, 4.69) is 15.0 Å². The summed E-state index contributed by atoms with van der Waals surface area (Å²) in [6.07, 6.45) is 1.89. The molecular formula is C11H17N3O3. The molecule has 0 bridgehead atoms. The lowest BCUT2D eigenvalue weighted by Crippen LogP contribution is -2.38. The number of piperidine rings is 1. The highest BCUT2D eigenvalue weighted by Gasteiger charge is 2.27. The number of ether oxygens (including phenoxy) is 1. The summed E-state index contributed by atoms with van der Waals surface area (Å²) in [7, 11) is 1.43. The fourth-order valence-electron chi connectivity index (χ4n) is 2.16. The number of nitrogens with zero attached hydrogens (tertiary/aromatic N) is 3. The van der Waals surface area contributed by atoms with Gasteiger partial charge in [-0.05, 0) is 19.4 Å². The first-order valence-electron chi connectivity index (χ1n) is 5.78. The molecule has 0 saturated carbocycles. The number of carbonyl (C=O) groups is 1. The van der Waals surface area contributed by atoms with Gasteiger partial charge in [0.2, 0.25) is 5.89 Å². The van der Waals surface area contributed by atoms with Crippen molar-refractivity contribution < 1.29 is 14.1 Å². The van der Waals surface area contributed by atoms with Crippen molar-refractivity contribution in [3.05, 3.63) is 11.7 Å². The first kappa shape index (κ1) is 12.0. The van der Waals surface area contributed by atoms with Crippen LogP contribution in [0.3, 0.4) is 0 Å². The Labute approximate surface area is 99.9 Å². The fourth-order valence-corrected chi connectivity index (χ4v) is 2.16. The Kier molecular flexibility index (Phi) is 3.73. The Morgan fingerprint density at radius 2 is 2.47 bits per heavy atom. The van der Waals surface area contributed by atoms with Gasteiger partial charge in [-0.2, -0.15) is 4.98 Å². The zero-order valence-electron chi connectivity index (χ0n) is 10.2. The number of likely N-dealkylation sites (tertiary alicyclic amines) is 1. The lowest BCUT2D eigenvalue weighted by atomic mass is 9.98. The number of methoxy groups -OCH3 is 1. The topological polar surface area (TPSA) is 68.5 Å². The number of aromatic nitrogens is 2. The van der Waals surface area contributed by atoms with Crippen LogP contribution in [-0.2, 0) is 16.1 Å². The van der Waals surface area contributed by atoms with Crippen LogP contribution in [0.1, 0.15) is 24.6 Å². The van der Waals surface area contributed by atoms with Crippen LogP contribution in [-0.4, -0.2) is 41.2 Å². The monoisotopic (exact) mass is 239 g/mol. The van der Waals surface area contributed by atoms with Gasteiger partial charge in [-0.1, -0.05) is 5.16 Å². The van der Waals surface area contributed by atoms with Crippen LogP contribution in [0.4, 0.5) is 0 Å². The van der Waals surface area contributed by atoms with Gasteiger partial charge in [-0.3, -0.25) is 9.69 Å². The SMILES string of the molecule is COC(=O)[C@H]1CCCN(Cc2noc(C)n2)C1. The number of hydrogen-bond acceptors (Lipinski definition) is 6. The van der Waals surface area contributed by atoms with Crippen LogP contribution in [0.2, 0.25) is 0 Å². The summed E-state index contributed by atoms with van der Waals surface area (Å²) < 4.78 is 9.70. The molecule has 6 nitrogen and oxygen atoms in total. The summed E-state index contributed by atoms with van der Waals surface area (Å²) in [5.74, 6) is 1.09. The number of esters is 1. The van der Waals surface area contributed by atoms with Gasteiger partial charge >= 0.3 is 5.97 Å². The van der Waals surface area contributed by atoms with Crippen LogP contribution in [0.15, 0.2) is 4.52 Å². The summed E-state index contributed by atoms with van der Waals surface area (Å²) in [5, 5.41) is 3.86. The highest BCUT2D eigenvalue weighted by molar-refractivity contribution is 5.72. The van der Waals surface area contributed by atoms with Crippen LogP contribution in [0.5, 0.6) is 0 Å². The summed E-state index contributed by atoms with van der Waals surface area (Å²) in [6.45, 7) is 4.07. The molecule has 0 radical (unpaired) electrons. The summed E-state index contributed by atoms with van der Waals surface area (Å²) in [5.41, 5.74) is 0. The highest BCUT2D eigenvalue weighted by atomic mass is 16.5. The molecule has 0 aromatic carbocycles. The van der Waals surface area contributed by atoms with Crippen LogP contribution in [0, 0.1) is 12.8 Å². The quantitative estimate of drug-likeness (QED) is 0.725. The lowest BCUT2D eigenvalue weighted by Gasteiger charge is -2.30. The zero-order chi connectivity index (χ0) is 12.3. The average molecular weight is 239 g/mol. The minimum absolute atomic E-state index is 0.0262. The van der Waals surface area contributed by atoms with Crippen molar-refractivity contribution in [2.75, 3.05) is 20.2 Å². The maximum Gasteiger partial charge on any atom is 0.309 e. The van der Waals surface area contributed by atoms with Crippen LogP contribution < -0.4 is 0 Å². The van der Waals surface area contributed by atoms with Gasteiger partial charge in [0.05, 0.1) is 19.6 Å². The molecule has 94 valence electrons. The molecule has 6 heteroatoms. The average Bonchev–Trinajstić information content (AvgIpc) is 2.74. The van der Waals surface area contributed by atoms with E-state index in [0.29, 0.717) is 24.8 Å². The van der Waals surface area contributed by atoms with Crippen molar-refractivity contribution in [3.63, 3.8) is 0 Å². The van der Waals surface area contributed by atoms with Crippen molar-refractivity contribution >= 4 is 5.97 Å². The van der Waals surface area contributed by atoms with E-state index in [9.17, 15) is 4.79 Å². The lowest BCUT2D eigenvalue weighted by molar-refractivity contribution is -0.147. The van der Waals surface area contributed by atoms with Crippen molar-refractivity contribution in [3.8, 4) is 0 Å². The highest BCUT2D eigenvalue weighted by Crippen LogP contribution is 2.18. The maximum atomic E-state index is 11.5. The van der Waals surface area contributed by atoms with E-state index < -0.39 is 0 Å². The second-order valence-electron chi connectivity index (χ2n) is 4.33. The normalized spacial score (nSPS) is 21.4. The van der Waals surface area contributed by atoms with Crippen molar-refractivity contribution in [1.82, 2.24) is 15.0 Å². The molecule has 1 aromatic rings. The third-order valence-electron chi connectivity index (χ3n) is 2.97. The third-order valence-corrected chi connectivity index (χ3v) is 2.97. The number of hydrogen-bond donors (Lipinski definition) is 0. The van der Waals surface area contributed by atoms with Crippen molar-refractivity contribution in [1.29, 1.82) is 0 Å². The standard InChI is InChI=1S/C11H17N3O3/c1-8-12-10(13-17-8)7-14-5-3-4-9(6-14)11(15)16-2/h9H,3-7H2,1-2H3/t9-/m0/s1. The number of aryl methyl sites for hydroxylation is 1. The predicted molar refractivity (Wildman–Crippen MR) is 59.1 cm³/mol. The molecule has 2 rings (SSSR count). The largest absolute Gasteiger partial charge is 0.469 e. The van der Waals surface area contributed by atoms with Crippen molar-refractivity contribution in [2.45, 2.75) is 26.3 Å². The first-order valence-corrected chi connectivity index (χ1v) is 5.78. The van der Waals surface area contributed by atoms with Gasteiger partial charge in [-0.25, -0.2) is 0 Å². The van der Waals surface area contributed by atoms with Crippen LogP contribution >= 0.6 is 0 Å². The van der Waals surface area contributed by atoms with E-state index in [1.54, 1.807) is 6.92 Å². The molecule has 1 aromatic heterocycles. The summed E-state index contributed by atoms with van der Waals surface area (Å²) >= 11 is 0. The third kappa shape index (κ3) is 3.03. The fraction of sp³-hybridized carbons (Fsp3) is 0.727.